The van der Waals surface area contributed by atoms with E-state index in [1.54, 1.807) is 0 Å². The van der Waals surface area contributed by atoms with Crippen LogP contribution in [0.2, 0.25) is 0 Å². The Labute approximate surface area is 127 Å². The predicted octanol–water partition coefficient (Wildman–Crippen LogP) is 3.83. The van der Waals surface area contributed by atoms with Crippen LogP contribution in [0.1, 0.15) is 57.0 Å². The number of aryl methyl sites for hydroxylation is 1. The second kappa shape index (κ2) is 7.99. The average molecular weight is 295 g/mol. The summed E-state index contributed by atoms with van der Waals surface area (Å²) >= 11 is 1.91. The third-order valence-electron chi connectivity index (χ3n) is 3.89. The van der Waals surface area contributed by atoms with Gasteiger partial charge in [-0.3, -0.25) is 0 Å². The minimum atomic E-state index is 0.809. The van der Waals surface area contributed by atoms with E-state index < -0.39 is 0 Å². The molecular weight excluding hydrogens is 266 g/mol. The molecule has 1 atom stereocenters. The van der Waals surface area contributed by atoms with Crippen molar-refractivity contribution in [3.05, 3.63) is 10.6 Å². The summed E-state index contributed by atoms with van der Waals surface area (Å²) in [6, 6.07) is 0. The van der Waals surface area contributed by atoms with E-state index in [0.717, 1.165) is 25.4 Å². The molecule has 0 spiro atoms. The number of thiazole rings is 1. The molecule has 1 fully saturated rings. The van der Waals surface area contributed by atoms with Crippen molar-refractivity contribution in [3.63, 3.8) is 0 Å². The van der Waals surface area contributed by atoms with Crippen LogP contribution in [0.4, 0.5) is 5.13 Å². The fourth-order valence-electron chi connectivity index (χ4n) is 2.82. The van der Waals surface area contributed by atoms with Crippen LogP contribution in [-0.2, 0) is 13.0 Å². The van der Waals surface area contributed by atoms with E-state index in [-0.39, 0.29) is 0 Å². The molecule has 0 aliphatic carbocycles. The van der Waals surface area contributed by atoms with Crippen molar-refractivity contribution in [2.24, 2.45) is 5.92 Å². The Balaban J connectivity index is 2.06. The molecule has 1 unspecified atom stereocenters. The van der Waals surface area contributed by atoms with Crippen molar-refractivity contribution in [3.8, 4) is 0 Å². The summed E-state index contributed by atoms with van der Waals surface area (Å²) in [4.78, 5) is 8.89. The summed E-state index contributed by atoms with van der Waals surface area (Å²) in [6.07, 6.45) is 6.17. The molecule has 0 radical (unpaired) electrons. The van der Waals surface area contributed by atoms with E-state index in [9.17, 15) is 0 Å². The van der Waals surface area contributed by atoms with E-state index >= 15 is 0 Å². The Bertz CT molecular complexity index is 402. The molecule has 114 valence electrons. The lowest BCUT2D eigenvalue weighted by Crippen LogP contribution is -2.34. The molecular formula is C16H29N3S. The Morgan fingerprint density at radius 2 is 2.20 bits per heavy atom. The average Bonchev–Trinajstić information content (AvgIpc) is 2.83. The first kappa shape index (κ1) is 15.8. The number of aromatic nitrogens is 1. The molecule has 1 saturated heterocycles. The van der Waals surface area contributed by atoms with Crippen LogP contribution in [0, 0.1) is 5.92 Å². The molecule has 1 aromatic heterocycles. The molecule has 20 heavy (non-hydrogen) atoms. The lowest BCUT2D eigenvalue weighted by molar-refractivity contribution is 0.446. The summed E-state index contributed by atoms with van der Waals surface area (Å²) in [6.45, 7) is 11.3. The first-order valence-electron chi connectivity index (χ1n) is 8.18. The summed E-state index contributed by atoms with van der Waals surface area (Å²) in [5.41, 5.74) is 1.33. The van der Waals surface area contributed by atoms with Crippen molar-refractivity contribution in [2.75, 3.05) is 24.5 Å². The standard InChI is InChI=1S/C16H29N3S/c1-4-7-14-15(11-17-9-5-2)20-16(18-14)19-10-6-8-13(3)12-19/h13,17H,4-12H2,1-3H3. The highest BCUT2D eigenvalue weighted by molar-refractivity contribution is 7.15. The predicted molar refractivity (Wildman–Crippen MR) is 88.7 cm³/mol. The maximum Gasteiger partial charge on any atom is 0.185 e. The number of nitrogens with zero attached hydrogens (tertiary/aromatic N) is 2. The van der Waals surface area contributed by atoms with Crippen LogP contribution >= 0.6 is 11.3 Å². The highest BCUT2D eigenvalue weighted by Crippen LogP contribution is 2.30. The van der Waals surface area contributed by atoms with E-state index in [1.807, 2.05) is 11.3 Å². The molecule has 0 saturated carbocycles. The maximum absolute atomic E-state index is 4.94. The highest BCUT2D eigenvalue weighted by Gasteiger charge is 2.20. The lowest BCUT2D eigenvalue weighted by Gasteiger charge is -2.30. The van der Waals surface area contributed by atoms with Gasteiger partial charge in [0.1, 0.15) is 0 Å². The monoisotopic (exact) mass is 295 g/mol. The largest absolute Gasteiger partial charge is 0.348 e. The van der Waals surface area contributed by atoms with Crippen LogP contribution in [0.5, 0.6) is 0 Å². The maximum atomic E-state index is 4.94. The number of rotatable bonds is 7. The van der Waals surface area contributed by atoms with E-state index in [1.165, 1.54) is 54.5 Å². The first-order chi connectivity index (χ1) is 9.74. The molecule has 0 bridgehead atoms. The van der Waals surface area contributed by atoms with Crippen LogP contribution in [0.15, 0.2) is 0 Å². The van der Waals surface area contributed by atoms with Crippen LogP contribution in [-0.4, -0.2) is 24.6 Å². The minimum absolute atomic E-state index is 0.809. The Hall–Kier alpha value is -0.610. The highest BCUT2D eigenvalue weighted by atomic mass is 32.1. The first-order valence-corrected chi connectivity index (χ1v) is 9.00. The molecule has 1 N–H and O–H groups in total. The molecule has 3 nitrogen and oxygen atoms in total. The fourth-order valence-corrected chi connectivity index (χ4v) is 3.93. The molecule has 2 heterocycles. The third kappa shape index (κ3) is 4.19. The van der Waals surface area contributed by atoms with Crippen molar-refractivity contribution in [1.82, 2.24) is 10.3 Å². The summed E-state index contributed by atoms with van der Waals surface area (Å²) in [5.74, 6) is 0.809. The van der Waals surface area contributed by atoms with E-state index in [4.69, 9.17) is 4.98 Å². The van der Waals surface area contributed by atoms with Gasteiger partial charge in [-0.1, -0.05) is 27.2 Å². The topological polar surface area (TPSA) is 28.2 Å². The normalized spacial score (nSPS) is 19.6. The second-order valence-corrected chi connectivity index (χ2v) is 7.05. The van der Waals surface area contributed by atoms with E-state index in [0.29, 0.717) is 0 Å². The lowest BCUT2D eigenvalue weighted by atomic mass is 10.0. The van der Waals surface area contributed by atoms with Gasteiger partial charge in [-0.2, -0.15) is 0 Å². The Morgan fingerprint density at radius 1 is 1.35 bits per heavy atom. The quantitative estimate of drug-likeness (QED) is 0.775. The molecule has 1 aromatic rings. The Kier molecular flexibility index (Phi) is 6.30. The number of hydrogen-bond acceptors (Lipinski definition) is 4. The zero-order chi connectivity index (χ0) is 14.4. The van der Waals surface area contributed by atoms with Gasteiger partial charge in [0.15, 0.2) is 5.13 Å². The molecule has 0 aromatic carbocycles. The molecule has 4 heteroatoms. The van der Waals surface area contributed by atoms with Crippen molar-refractivity contribution < 1.29 is 0 Å². The van der Waals surface area contributed by atoms with Gasteiger partial charge in [-0.05, 0) is 38.1 Å². The van der Waals surface area contributed by atoms with Crippen molar-refractivity contribution in [1.29, 1.82) is 0 Å². The third-order valence-corrected chi connectivity index (χ3v) is 5.05. The zero-order valence-corrected chi connectivity index (χ0v) is 14.1. The minimum Gasteiger partial charge on any atom is -0.348 e. The van der Waals surface area contributed by atoms with Gasteiger partial charge in [0.25, 0.3) is 0 Å². The summed E-state index contributed by atoms with van der Waals surface area (Å²) < 4.78 is 0. The SMILES string of the molecule is CCCNCc1sc(N2CCCC(C)C2)nc1CCC. The number of hydrogen-bond donors (Lipinski definition) is 1. The van der Waals surface area contributed by atoms with Crippen molar-refractivity contribution in [2.45, 2.75) is 59.4 Å². The van der Waals surface area contributed by atoms with Gasteiger partial charge in [0.05, 0.1) is 5.69 Å². The van der Waals surface area contributed by atoms with Crippen molar-refractivity contribution >= 4 is 16.5 Å². The van der Waals surface area contributed by atoms with Crippen LogP contribution in [0.3, 0.4) is 0 Å². The van der Waals surface area contributed by atoms with Crippen LogP contribution < -0.4 is 10.2 Å². The molecule has 2 rings (SSSR count). The van der Waals surface area contributed by atoms with Gasteiger partial charge >= 0.3 is 0 Å². The summed E-state index contributed by atoms with van der Waals surface area (Å²) in [5, 5.41) is 4.78. The second-order valence-electron chi connectivity index (χ2n) is 5.99. The number of anilines is 1. The van der Waals surface area contributed by atoms with Gasteiger partial charge in [0, 0.05) is 24.5 Å². The number of piperidine rings is 1. The van der Waals surface area contributed by atoms with Gasteiger partial charge in [-0.25, -0.2) is 4.98 Å². The smallest absolute Gasteiger partial charge is 0.185 e. The van der Waals surface area contributed by atoms with Gasteiger partial charge in [-0.15, -0.1) is 11.3 Å². The van der Waals surface area contributed by atoms with Gasteiger partial charge in [0.2, 0.25) is 0 Å². The van der Waals surface area contributed by atoms with E-state index in [2.05, 4.69) is 31.0 Å². The zero-order valence-electron chi connectivity index (χ0n) is 13.2. The van der Waals surface area contributed by atoms with Gasteiger partial charge < -0.3 is 10.2 Å². The van der Waals surface area contributed by atoms with Crippen LogP contribution in [0.25, 0.3) is 0 Å². The molecule has 1 aliphatic rings. The Morgan fingerprint density at radius 3 is 2.90 bits per heavy atom. The molecule has 1 aliphatic heterocycles. The summed E-state index contributed by atoms with van der Waals surface area (Å²) in [7, 11) is 0. The number of nitrogens with one attached hydrogen (secondary N) is 1. The fraction of sp³-hybridized carbons (Fsp3) is 0.812. The molecule has 0 amide bonds.